The second kappa shape index (κ2) is 6.02. The molecule has 5 heteroatoms. The summed E-state index contributed by atoms with van der Waals surface area (Å²) in [5.41, 5.74) is 0.331. The van der Waals surface area contributed by atoms with Gasteiger partial charge in [0.15, 0.2) is 0 Å². The van der Waals surface area contributed by atoms with E-state index in [9.17, 15) is 9.59 Å². The maximum absolute atomic E-state index is 12.1. The number of likely N-dealkylation sites (tertiary alicyclic amines) is 1. The first-order valence-corrected chi connectivity index (χ1v) is 7.67. The Labute approximate surface area is 120 Å². The number of urea groups is 1. The van der Waals surface area contributed by atoms with E-state index in [0.29, 0.717) is 24.4 Å². The van der Waals surface area contributed by atoms with Crippen molar-refractivity contribution in [2.24, 2.45) is 17.3 Å². The SMILES string of the molecule is CC(C)C1(CNC(=O)N2CCC(CC(=O)O)CC2)CC1. The van der Waals surface area contributed by atoms with E-state index < -0.39 is 5.97 Å². The van der Waals surface area contributed by atoms with Crippen LogP contribution in [0.5, 0.6) is 0 Å². The topological polar surface area (TPSA) is 69.6 Å². The highest BCUT2D eigenvalue weighted by Crippen LogP contribution is 2.51. The number of aliphatic carboxylic acids is 1. The lowest BCUT2D eigenvalue weighted by atomic mass is 9.92. The van der Waals surface area contributed by atoms with Gasteiger partial charge in [0.05, 0.1) is 0 Å². The molecular weight excluding hydrogens is 256 g/mol. The minimum absolute atomic E-state index is 0.0192. The van der Waals surface area contributed by atoms with Crippen LogP contribution in [0.15, 0.2) is 0 Å². The van der Waals surface area contributed by atoms with Crippen molar-refractivity contribution < 1.29 is 14.7 Å². The van der Waals surface area contributed by atoms with Crippen molar-refractivity contribution in [2.45, 2.75) is 46.0 Å². The predicted molar refractivity (Wildman–Crippen MR) is 76.5 cm³/mol. The highest BCUT2D eigenvalue weighted by molar-refractivity contribution is 5.74. The van der Waals surface area contributed by atoms with Crippen molar-refractivity contribution in [3.63, 3.8) is 0 Å². The van der Waals surface area contributed by atoms with E-state index in [4.69, 9.17) is 5.11 Å². The Morgan fingerprint density at radius 2 is 1.90 bits per heavy atom. The summed E-state index contributed by atoms with van der Waals surface area (Å²) in [6.45, 7) is 6.57. The Bertz CT molecular complexity index is 369. The molecule has 0 atom stereocenters. The minimum Gasteiger partial charge on any atom is -0.481 e. The van der Waals surface area contributed by atoms with E-state index in [0.717, 1.165) is 19.4 Å². The van der Waals surface area contributed by atoms with E-state index in [1.165, 1.54) is 12.8 Å². The van der Waals surface area contributed by atoms with Crippen LogP contribution >= 0.6 is 0 Å². The highest BCUT2D eigenvalue weighted by Gasteiger charge is 2.45. The largest absolute Gasteiger partial charge is 0.481 e. The fraction of sp³-hybridized carbons (Fsp3) is 0.867. The standard InChI is InChI=1S/C15H26N2O3/c1-11(2)15(5-6-15)10-16-14(20)17-7-3-12(4-8-17)9-13(18)19/h11-12H,3-10H2,1-2H3,(H,16,20)(H,18,19). The number of hydrogen-bond donors (Lipinski definition) is 2. The van der Waals surface area contributed by atoms with Gasteiger partial charge in [-0.1, -0.05) is 13.8 Å². The molecule has 0 spiro atoms. The summed E-state index contributed by atoms with van der Waals surface area (Å²) in [4.78, 5) is 24.6. The molecule has 2 N–H and O–H groups in total. The summed E-state index contributed by atoms with van der Waals surface area (Å²) in [7, 11) is 0. The number of carbonyl (C=O) groups excluding carboxylic acids is 1. The second-order valence-corrected chi connectivity index (χ2v) is 6.70. The molecule has 1 saturated carbocycles. The molecule has 2 rings (SSSR count). The van der Waals surface area contributed by atoms with Gasteiger partial charge in [-0.25, -0.2) is 4.79 Å². The van der Waals surface area contributed by atoms with Gasteiger partial charge in [-0.15, -0.1) is 0 Å². The molecule has 0 radical (unpaired) electrons. The van der Waals surface area contributed by atoms with Gasteiger partial charge in [0.1, 0.15) is 0 Å². The summed E-state index contributed by atoms with van der Waals surface area (Å²) in [6, 6.07) is 0.0192. The number of carbonyl (C=O) groups is 2. The van der Waals surface area contributed by atoms with E-state index in [1.54, 1.807) is 0 Å². The lowest BCUT2D eigenvalue weighted by molar-refractivity contribution is -0.138. The Hall–Kier alpha value is -1.26. The van der Waals surface area contributed by atoms with Gasteiger partial charge >= 0.3 is 12.0 Å². The number of nitrogens with one attached hydrogen (secondary N) is 1. The third-order valence-corrected chi connectivity index (χ3v) is 5.07. The molecule has 2 amide bonds. The first-order valence-electron chi connectivity index (χ1n) is 7.67. The summed E-state index contributed by atoms with van der Waals surface area (Å²) in [5, 5.41) is 11.8. The highest BCUT2D eigenvalue weighted by atomic mass is 16.4. The van der Waals surface area contributed by atoms with Crippen molar-refractivity contribution in [2.75, 3.05) is 19.6 Å². The average molecular weight is 282 g/mol. The molecule has 2 aliphatic rings. The molecule has 0 bridgehead atoms. The fourth-order valence-electron chi connectivity index (χ4n) is 3.07. The van der Waals surface area contributed by atoms with Crippen molar-refractivity contribution in [3.8, 4) is 0 Å². The Kier molecular flexibility index (Phi) is 4.55. The number of rotatable bonds is 5. The maximum Gasteiger partial charge on any atom is 0.317 e. The van der Waals surface area contributed by atoms with Crippen LogP contribution in [0.2, 0.25) is 0 Å². The maximum atomic E-state index is 12.1. The predicted octanol–water partition coefficient (Wildman–Crippen LogP) is 2.32. The monoisotopic (exact) mass is 282 g/mol. The van der Waals surface area contributed by atoms with Gasteiger partial charge in [-0.3, -0.25) is 4.79 Å². The molecule has 1 aliphatic carbocycles. The molecule has 1 heterocycles. The molecule has 0 aromatic rings. The summed E-state index contributed by atoms with van der Waals surface area (Å²) >= 11 is 0. The summed E-state index contributed by atoms with van der Waals surface area (Å²) < 4.78 is 0. The molecule has 0 unspecified atom stereocenters. The molecule has 2 fully saturated rings. The second-order valence-electron chi connectivity index (χ2n) is 6.70. The van der Waals surface area contributed by atoms with Crippen LogP contribution < -0.4 is 5.32 Å². The third-order valence-electron chi connectivity index (χ3n) is 5.07. The summed E-state index contributed by atoms with van der Waals surface area (Å²) in [6.07, 6.45) is 4.26. The number of carboxylic acids is 1. The normalized spacial score (nSPS) is 21.9. The van der Waals surface area contributed by atoms with Gasteiger partial charge in [0.25, 0.3) is 0 Å². The van der Waals surface area contributed by atoms with Crippen LogP contribution in [-0.2, 0) is 4.79 Å². The first-order chi connectivity index (χ1) is 9.43. The third kappa shape index (κ3) is 3.64. The van der Waals surface area contributed by atoms with Crippen LogP contribution in [0.3, 0.4) is 0 Å². The molecule has 1 aliphatic heterocycles. The summed E-state index contributed by atoms with van der Waals surface area (Å²) in [5.74, 6) is 0.103. The molecule has 0 aromatic carbocycles. The fourth-order valence-corrected chi connectivity index (χ4v) is 3.07. The molecule has 114 valence electrons. The van der Waals surface area contributed by atoms with Crippen molar-refractivity contribution in [3.05, 3.63) is 0 Å². The molecule has 20 heavy (non-hydrogen) atoms. The van der Waals surface area contributed by atoms with Gasteiger partial charge in [-0.2, -0.15) is 0 Å². The van der Waals surface area contributed by atoms with E-state index >= 15 is 0 Å². The zero-order valence-corrected chi connectivity index (χ0v) is 12.5. The Morgan fingerprint density at radius 1 is 1.30 bits per heavy atom. The lowest BCUT2D eigenvalue weighted by Crippen LogP contribution is -2.46. The quantitative estimate of drug-likeness (QED) is 0.813. The Balaban J connectivity index is 1.71. The van der Waals surface area contributed by atoms with Crippen LogP contribution in [0.25, 0.3) is 0 Å². The number of hydrogen-bond acceptors (Lipinski definition) is 2. The molecule has 1 saturated heterocycles. The van der Waals surface area contributed by atoms with Gasteiger partial charge in [0.2, 0.25) is 0 Å². The van der Waals surface area contributed by atoms with Crippen molar-refractivity contribution >= 4 is 12.0 Å². The molecular formula is C15H26N2O3. The minimum atomic E-state index is -0.736. The number of amides is 2. The Morgan fingerprint density at radius 3 is 2.35 bits per heavy atom. The van der Waals surface area contributed by atoms with Crippen LogP contribution in [0.4, 0.5) is 4.79 Å². The zero-order valence-electron chi connectivity index (χ0n) is 12.5. The average Bonchev–Trinajstić information content (AvgIpc) is 3.17. The number of nitrogens with zero attached hydrogens (tertiary/aromatic N) is 1. The van der Waals surface area contributed by atoms with Crippen LogP contribution in [-0.4, -0.2) is 41.6 Å². The molecule has 0 aromatic heterocycles. The smallest absolute Gasteiger partial charge is 0.317 e. The van der Waals surface area contributed by atoms with Crippen molar-refractivity contribution in [1.29, 1.82) is 0 Å². The zero-order chi connectivity index (χ0) is 14.8. The first kappa shape index (κ1) is 15.1. The molecule has 5 nitrogen and oxygen atoms in total. The van der Waals surface area contributed by atoms with Crippen LogP contribution in [0, 0.1) is 17.3 Å². The lowest BCUT2D eigenvalue weighted by Gasteiger charge is -2.32. The van der Waals surface area contributed by atoms with E-state index in [-0.39, 0.29) is 18.4 Å². The van der Waals surface area contributed by atoms with Gasteiger partial charge in [-0.05, 0) is 42.9 Å². The van der Waals surface area contributed by atoms with E-state index in [1.807, 2.05) is 4.90 Å². The number of piperidine rings is 1. The van der Waals surface area contributed by atoms with Crippen LogP contribution in [0.1, 0.15) is 46.0 Å². The number of carboxylic acid groups (broad SMARTS) is 1. The van der Waals surface area contributed by atoms with Gasteiger partial charge in [0, 0.05) is 26.1 Å². The van der Waals surface area contributed by atoms with Gasteiger partial charge < -0.3 is 15.3 Å². The van der Waals surface area contributed by atoms with Crippen molar-refractivity contribution in [1.82, 2.24) is 10.2 Å². The van der Waals surface area contributed by atoms with E-state index in [2.05, 4.69) is 19.2 Å².